The summed E-state index contributed by atoms with van der Waals surface area (Å²) in [5.74, 6) is -11.7. The zero-order chi connectivity index (χ0) is 75.7. The summed E-state index contributed by atoms with van der Waals surface area (Å²) in [6.07, 6.45) is -2.82. The Hall–Kier alpha value is -7.07. The molecule has 100 heavy (non-hydrogen) atoms. The van der Waals surface area contributed by atoms with Crippen LogP contribution in [0.15, 0.2) is 57.7 Å². The predicted molar refractivity (Wildman–Crippen MR) is 356 cm³/mol. The fourth-order valence-electron chi connectivity index (χ4n) is 13.5. The van der Waals surface area contributed by atoms with E-state index >= 15 is 0 Å². The largest absolute Gasteiger partial charge is 0.459 e. The monoisotopic (exact) mass is 1470 g/mol. The van der Waals surface area contributed by atoms with E-state index in [4.69, 9.17) is 77.4 Å². The first-order chi connectivity index (χ1) is 46.5. The summed E-state index contributed by atoms with van der Waals surface area (Å²) in [6.45, 7) is 24.3. The summed E-state index contributed by atoms with van der Waals surface area (Å²) in [5, 5.41) is 47.3. The number of unbranched alkanes of at least 4 members (excludes halogenated alkanes) is 4. The summed E-state index contributed by atoms with van der Waals surface area (Å²) in [6, 6.07) is 2.69. The van der Waals surface area contributed by atoms with Crippen LogP contribution < -0.4 is 0 Å². The molecule has 2 heterocycles. The number of Topliss-reactive ketones (excluding diaryl/α,β-unsaturated/α-hetero) is 1. The number of carbonyl (C=O) groups is 12. The van der Waals surface area contributed by atoms with Crippen LogP contribution in [0.2, 0.25) is 15.1 Å². The molecule has 26 nitrogen and oxygen atoms in total. The van der Waals surface area contributed by atoms with Gasteiger partial charge in [-0.05, 0) is 129 Å². The van der Waals surface area contributed by atoms with Gasteiger partial charge in [0.2, 0.25) is 0 Å². The number of aliphatic hydroxyl groups is 4. The van der Waals surface area contributed by atoms with Crippen molar-refractivity contribution in [3.8, 4) is 0 Å². The summed E-state index contributed by atoms with van der Waals surface area (Å²) < 4.78 is 56.2. The van der Waals surface area contributed by atoms with Crippen LogP contribution in [0, 0.1) is 11.8 Å². The number of benzene rings is 1. The van der Waals surface area contributed by atoms with Crippen molar-refractivity contribution >= 4 is 106 Å². The first kappa shape index (κ1) is 83.6. The number of hydrogen-bond donors (Lipinski definition) is 4. The Morgan fingerprint density at radius 1 is 0.540 bits per heavy atom. The average Bonchev–Trinajstić information content (AvgIpc) is 1.53. The smallest absolute Gasteiger partial charge is 0.349 e. The third-order valence-corrected chi connectivity index (χ3v) is 19.8. The van der Waals surface area contributed by atoms with Crippen molar-refractivity contribution in [3.05, 3.63) is 78.4 Å². The number of fused-ring (bicyclic) bond motifs is 6. The Kier molecular flexibility index (Phi) is 28.3. The maximum Gasteiger partial charge on any atom is 0.349 e. The van der Waals surface area contributed by atoms with Gasteiger partial charge in [-0.3, -0.25) is 33.6 Å². The fraction of sp³-hybridized carbons (Fsp3) is 0.634. The Morgan fingerprint density at radius 2 is 0.950 bits per heavy atom. The lowest BCUT2D eigenvalue weighted by atomic mass is 9.75. The molecule has 4 aliphatic carbocycles. The Bertz CT molecular complexity index is 3490. The minimum atomic E-state index is -2.57. The summed E-state index contributed by atoms with van der Waals surface area (Å²) in [4.78, 5) is 152. The van der Waals surface area contributed by atoms with E-state index in [1.54, 1.807) is 47.6 Å². The predicted octanol–water partition coefficient (Wildman–Crippen LogP) is 9.28. The zero-order valence-electron chi connectivity index (χ0n) is 59.3. The molecule has 0 bridgehead atoms. The number of carbonyl (C=O) groups excluding carboxylic acids is 12. The lowest BCUT2D eigenvalue weighted by Crippen LogP contribution is -2.64. The fourth-order valence-corrected chi connectivity index (χ4v) is 14.5. The lowest BCUT2D eigenvalue weighted by Gasteiger charge is -2.41. The van der Waals surface area contributed by atoms with E-state index in [1.807, 2.05) is 13.8 Å². The highest BCUT2D eigenvalue weighted by Gasteiger charge is 2.78. The van der Waals surface area contributed by atoms with Crippen LogP contribution in [-0.4, -0.2) is 168 Å². The minimum Gasteiger partial charge on any atom is -0.459 e. The average molecular weight is 1470 g/mol. The molecule has 29 heteroatoms. The second kappa shape index (κ2) is 33.8. The Labute approximate surface area is 596 Å². The first-order valence-corrected chi connectivity index (χ1v) is 34.5. The van der Waals surface area contributed by atoms with Crippen LogP contribution in [0.5, 0.6) is 0 Å². The Morgan fingerprint density at radius 3 is 1.37 bits per heavy atom. The number of hydrogen-bond acceptors (Lipinski definition) is 26. The molecule has 1 aromatic carbocycles. The van der Waals surface area contributed by atoms with E-state index in [0.717, 1.165) is 46.5 Å². The number of esters is 11. The van der Waals surface area contributed by atoms with Gasteiger partial charge in [0.25, 0.3) is 0 Å². The van der Waals surface area contributed by atoms with Gasteiger partial charge < -0.3 is 67.8 Å². The molecule has 6 aliphatic rings. The molecule has 2 aliphatic heterocycles. The van der Waals surface area contributed by atoms with Crippen LogP contribution in [0.4, 0.5) is 0 Å². The third-order valence-electron chi connectivity index (χ3n) is 19.0. The molecule has 2 saturated heterocycles. The second-order valence-corrected chi connectivity index (χ2v) is 27.8. The van der Waals surface area contributed by atoms with Crippen molar-refractivity contribution in [3.63, 3.8) is 0 Å². The van der Waals surface area contributed by atoms with Crippen LogP contribution in [0.3, 0.4) is 0 Å². The molecule has 7 rings (SSSR count). The molecule has 0 amide bonds. The summed E-state index contributed by atoms with van der Waals surface area (Å²) >= 11 is 17.4. The Balaban J connectivity index is 0.000000292. The van der Waals surface area contributed by atoms with Crippen LogP contribution in [0.1, 0.15) is 211 Å². The second-order valence-electron chi connectivity index (χ2n) is 26.6. The molecular formula is C71H93Cl3O26. The lowest BCUT2D eigenvalue weighted by molar-refractivity contribution is -0.212. The van der Waals surface area contributed by atoms with Gasteiger partial charge in [0.05, 0.1) is 27.4 Å². The van der Waals surface area contributed by atoms with Gasteiger partial charge in [-0.1, -0.05) is 100 Å². The number of allylic oxidation sites excluding steroid dienone is 2. The number of rotatable bonds is 22. The van der Waals surface area contributed by atoms with Crippen molar-refractivity contribution in [1.82, 2.24) is 0 Å². The van der Waals surface area contributed by atoms with Gasteiger partial charge >= 0.3 is 65.7 Å². The van der Waals surface area contributed by atoms with Gasteiger partial charge in [-0.2, -0.15) is 0 Å². The highest BCUT2D eigenvalue weighted by atomic mass is 35.5. The third kappa shape index (κ3) is 17.2. The molecule has 2 saturated carbocycles. The van der Waals surface area contributed by atoms with Crippen LogP contribution in [0.25, 0.3) is 0 Å². The number of ether oxygens (including phenoxy) is 10. The van der Waals surface area contributed by atoms with E-state index in [1.165, 1.54) is 52.8 Å². The van der Waals surface area contributed by atoms with Crippen molar-refractivity contribution in [2.24, 2.45) is 11.8 Å². The quantitative estimate of drug-likeness (QED) is 0.0210. The van der Waals surface area contributed by atoms with E-state index < -0.39 is 172 Å². The molecule has 0 unspecified atom stereocenters. The van der Waals surface area contributed by atoms with Gasteiger partial charge in [0.15, 0.2) is 58.7 Å². The van der Waals surface area contributed by atoms with E-state index in [-0.39, 0.29) is 74.2 Å². The molecule has 554 valence electrons. The molecular weight excluding hydrogens is 1380 g/mol. The molecule has 4 fully saturated rings. The normalized spacial score (nSPS) is 31.1. The molecule has 0 aromatic heterocycles. The zero-order valence-corrected chi connectivity index (χ0v) is 61.6. The van der Waals surface area contributed by atoms with E-state index in [9.17, 15) is 78.0 Å². The highest BCUT2D eigenvalue weighted by Crippen LogP contribution is 2.59. The number of halogens is 3. The summed E-state index contributed by atoms with van der Waals surface area (Å²) in [5.41, 5.74) is -12.6. The van der Waals surface area contributed by atoms with Gasteiger partial charge in [0.1, 0.15) is 23.4 Å². The SMILES string of the molecule is C/C=C(/C)C(=O)OC(=O)c1c(Cl)cc(Cl)cc1Cl.C/C=C(/C)C(=O)O[C@H]1C(C)=C2[C@H]([C@@H]1OC(=O)CCCCC)[C@@](C)(OC(C)=O)C[C@H](OC(=O)CCC)[C@@]1(O)[C@H]2OC(=O)[C@@]1(C)O.CCCCCC(=O)O[C@@H]1C(=O)C(C)=C2[C@H]1[C@@](C)(OC(C)=O)C[C@H](OC(=O)CCC)[C@@]1(O)[C@H]2OC(=O)[C@@]1(C)O. The van der Waals surface area contributed by atoms with Crippen molar-refractivity contribution in [2.45, 2.75) is 277 Å². The molecule has 4 N–H and O–H groups in total. The molecule has 15 atom stereocenters. The van der Waals surface area contributed by atoms with Crippen molar-refractivity contribution in [2.75, 3.05) is 0 Å². The summed E-state index contributed by atoms with van der Waals surface area (Å²) in [7, 11) is 0. The maximum absolute atomic E-state index is 13.5. The van der Waals surface area contributed by atoms with Gasteiger partial charge in [0, 0.05) is 68.5 Å². The van der Waals surface area contributed by atoms with Crippen molar-refractivity contribution in [1.29, 1.82) is 0 Å². The molecule has 1 aromatic rings. The molecule has 0 radical (unpaired) electrons. The van der Waals surface area contributed by atoms with E-state index in [0.29, 0.717) is 31.3 Å². The number of ketones is 1. The standard InChI is InChI=1S/C32H46O12.C27H38O11.C12H9Cl3O3/c1-9-12-13-15-22(35)41-26-24-23(18(5)25(26)42-28(36)17(4)11-3)27-32(39,31(8,38)29(37)43-27)20(40-21(34)14-10-2)16-30(24,7)44-19(6)33;1-7-9-10-12-18(30)36-22-20-19(14(3)21(22)31)23-27(34,26(6,33)24(32)37-23)16(35-17(29)11-8-2)13-25(20,5)38-15(4)28;1-3-6(2)11(16)18-12(17)10-8(14)4-7(13)5-9(10)15/h11,20,24-27,38-39H,9-10,12-16H2,1-8H3;16,20,22-23,33-34H,7-13H2,1-6H3;3-5H,1-2H3/b17-11-;;6-3-/t20-,24+,25-,26-,27-,30-,31+,32+;16-,20+,22-,23-,25-,26+,27+;/m00./s1. The highest BCUT2D eigenvalue weighted by molar-refractivity contribution is 6.42. The van der Waals surface area contributed by atoms with Crippen molar-refractivity contribution < 1.29 is 125 Å². The van der Waals surface area contributed by atoms with Crippen LogP contribution >= 0.6 is 34.8 Å². The first-order valence-electron chi connectivity index (χ1n) is 33.3. The molecule has 0 spiro atoms. The van der Waals surface area contributed by atoms with Gasteiger partial charge in [-0.15, -0.1) is 0 Å². The van der Waals surface area contributed by atoms with E-state index in [2.05, 4.69) is 4.74 Å². The minimum absolute atomic E-state index is 0.0138. The van der Waals surface area contributed by atoms with Gasteiger partial charge in [-0.25, -0.2) is 24.0 Å². The topological polar surface area (TPSA) is 378 Å². The maximum atomic E-state index is 13.5. The van der Waals surface area contributed by atoms with Crippen LogP contribution in [-0.2, 0) is 100 Å².